The molecule has 0 saturated heterocycles. The summed E-state index contributed by atoms with van der Waals surface area (Å²) >= 11 is 6.93. The number of hydrogen-bond donors (Lipinski definition) is 1. The first-order chi connectivity index (χ1) is 12.8. The van der Waals surface area contributed by atoms with Crippen molar-refractivity contribution in [1.82, 2.24) is 0 Å². The van der Waals surface area contributed by atoms with E-state index in [0.29, 0.717) is 14.9 Å². The lowest BCUT2D eigenvalue weighted by atomic mass is 10.3. The minimum Gasteiger partial charge on any atom is -0.321 e. The number of hydrogen-bond acceptors (Lipinski definition) is 6. The molecule has 0 fully saturated rings. The molecular weight excluding hydrogens is 412 g/mol. The van der Waals surface area contributed by atoms with E-state index >= 15 is 0 Å². The number of halogens is 1. The lowest BCUT2D eigenvalue weighted by Crippen LogP contribution is -2.10. The van der Waals surface area contributed by atoms with E-state index < -0.39 is 14.8 Å². The van der Waals surface area contributed by atoms with Gasteiger partial charge in [0.05, 0.1) is 23.9 Å². The van der Waals surface area contributed by atoms with Crippen molar-refractivity contribution >= 4 is 50.1 Å². The molecule has 1 heterocycles. The topological polar surface area (TPSA) is 106 Å². The third-order valence-electron chi connectivity index (χ3n) is 3.58. The number of non-ortho nitro benzene ring substituents is 1. The number of amides is 1. The van der Waals surface area contributed by atoms with Crippen molar-refractivity contribution in [2.45, 2.75) is 9.79 Å². The Bertz CT molecular complexity index is 1110. The second kappa shape index (κ2) is 7.47. The molecule has 0 atom stereocenters. The number of rotatable bonds is 5. The lowest BCUT2D eigenvalue weighted by Gasteiger charge is -2.07. The Morgan fingerprint density at radius 3 is 2.00 bits per heavy atom. The van der Waals surface area contributed by atoms with Gasteiger partial charge in [-0.25, -0.2) is 8.42 Å². The molecule has 27 heavy (non-hydrogen) atoms. The van der Waals surface area contributed by atoms with E-state index in [1.54, 1.807) is 12.1 Å². The van der Waals surface area contributed by atoms with Crippen LogP contribution in [0.1, 0.15) is 9.67 Å². The SMILES string of the molecule is O=C(Nc1ccc(S(=O)(=O)c2ccc([N+](=O)[O-])cc2)cc1)c1ccc(Cl)s1. The van der Waals surface area contributed by atoms with Gasteiger partial charge in [-0.05, 0) is 48.5 Å². The minimum absolute atomic E-state index is 0.00789. The summed E-state index contributed by atoms with van der Waals surface area (Å²) < 4.78 is 25.7. The van der Waals surface area contributed by atoms with Crippen LogP contribution >= 0.6 is 22.9 Å². The molecule has 0 bridgehead atoms. The van der Waals surface area contributed by atoms with E-state index in [1.807, 2.05) is 0 Å². The average molecular weight is 423 g/mol. The number of nitrogens with zero attached hydrogens (tertiary/aromatic N) is 1. The van der Waals surface area contributed by atoms with E-state index in [0.717, 1.165) is 23.5 Å². The summed E-state index contributed by atoms with van der Waals surface area (Å²) in [4.78, 5) is 22.5. The van der Waals surface area contributed by atoms with Crippen molar-refractivity contribution < 1.29 is 18.1 Å². The summed E-state index contributed by atoms with van der Waals surface area (Å²) in [6, 6.07) is 13.5. The van der Waals surface area contributed by atoms with E-state index in [2.05, 4.69) is 5.32 Å². The van der Waals surface area contributed by atoms with Crippen LogP contribution in [0.15, 0.2) is 70.5 Å². The fraction of sp³-hybridized carbons (Fsp3) is 0. The third kappa shape index (κ3) is 4.16. The molecule has 3 rings (SSSR count). The minimum atomic E-state index is -3.83. The average Bonchev–Trinajstić information content (AvgIpc) is 3.09. The molecule has 3 aromatic rings. The maximum absolute atomic E-state index is 12.6. The van der Waals surface area contributed by atoms with Crippen molar-refractivity contribution in [3.63, 3.8) is 0 Å². The van der Waals surface area contributed by atoms with Crippen LogP contribution in [0.2, 0.25) is 4.34 Å². The van der Waals surface area contributed by atoms with Crippen molar-refractivity contribution in [2.75, 3.05) is 5.32 Å². The molecule has 0 aliphatic heterocycles. The highest BCUT2D eigenvalue weighted by Crippen LogP contribution is 2.25. The summed E-state index contributed by atoms with van der Waals surface area (Å²) in [5.41, 5.74) is 0.230. The van der Waals surface area contributed by atoms with Crippen molar-refractivity contribution in [2.24, 2.45) is 0 Å². The summed E-state index contributed by atoms with van der Waals surface area (Å²) in [5, 5.41) is 13.3. The summed E-state index contributed by atoms with van der Waals surface area (Å²) in [6.07, 6.45) is 0. The summed E-state index contributed by atoms with van der Waals surface area (Å²) in [5.74, 6) is -0.349. The number of nitro benzene ring substituents is 1. The molecule has 0 aliphatic carbocycles. The standard InChI is InChI=1S/C17H11ClN2O5S2/c18-16-10-9-15(26-16)17(21)19-11-1-5-13(6-2-11)27(24,25)14-7-3-12(4-8-14)20(22)23/h1-10H,(H,19,21). The molecule has 138 valence electrons. The van der Waals surface area contributed by atoms with Gasteiger partial charge in [0.2, 0.25) is 9.84 Å². The molecule has 0 saturated carbocycles. The number of thiophene rings is 1. The molecule has 1 aromatic heterocycles. The van der Waals surface area contributed by atoms with Gasteiger partial charge in [0.1, 0.15) is 0 Å². The Morgan fingerprint density at radius 2 is 1.52 bits per heavy atom. The van der Waals surface area contributed by atoms with Crippen molar-refractivity contribution in [3.8, 4) is 0 Å². The van der Waals surface area contributed by atoms with E-state index in [9.17, 15) is 23.3 Å². The Morgan fingerprint density at radius 1 is 0.963 bits per heavy atom. The molecule has 0 spiro atoms. The highest BCUT2D eigenvalue weighted by atomic mass is 35.5. The van der Waals surface area contributed by atoms with Gasteiger partial charge in [0, 0.05) is 17.8 Å². The van der Waals surface area contributed by atoms with Gasteiger partial charge in [-0.2, -0.15) is 0 Å². The van der Waals surface area contributed by atoms with Gasteiger partial charge in [-0.1, -0.05) is 11.6 Å². The zero-order valence-corrected chi connectivity index (χ0v) is 15.8. The molecule has 10 heteroatoms. The molecule has 2 aromatic carbocycles. The maximum atomic E-state index is 12.6. The second-order valence-corrected chi connectivity index (χ2v) is 9.00. The predicted molar refractivity (Wildman–Crippen MR) is 102 cm³/mol. The van der Waals surface area contributed by atoms with Crippen molar-refractivity contribution in [1.29, 1.82) is 0 Å². The van der Waals surface area contributed by atoms with Gasteiger partial charge in [-0.3, -0.25) is 14.9 Å². The number of nitrogens with one attached hydrogen (secondary N) is 1. The van der Waals surface area contributed by atoms with E-state index in [4.69, 9.17) is 11.6 Å². The number of carbonyl (C=O) groups is 1. The number of benzene rings is 2. The van der Waals surface area contributed by atoms with Crippen LogP contribution in [0.25, 0.3) is 0 Å². The molecule has 0 radical (unpaired) electrons. The normalized spacial score (nSPS) is 11.1. The fourth-order valence-electron chi connectivity index (χ4n) is 2.23. The van der Waals surface area contributed by atoms with Gasteiger partial charge < -0.3 is 5.32 Å². The zero-order valence-electron chi connectivity index (χ0n) is 13.5. The van der Waals surface area contributed by atoms with Crippen LogP contribution < -0.4 is 5.32 Å². The predicted octanol–water partition coefficient (Wildman–Crippen LogP) is 4.39. The van der Waals surface area contributed by atoms with Crippen LogP contribution in [0, 0.1) is 10.1 Å². The lowest BCUT2D eigenvalue weighted by molar-refractivity contribution is -0.384. The van der Waals surface area contributed by atoms with E-state index in [1.165, 1.54) is 36.4 Å². The number of carbonyl (C=O) groups excluding carboxylic acids is 1. The van der Waals surface area contributed by atoms with Crippen LogP contribution in [-0.2, 0) is 9.84 Å². The molecule has 1 N–H and O–H groups in total. The smallest absolute Gasteiger partial charge is 0.269 e. The Hall–Kier alpha value is -2.75. The fourth-order valence-corrected chi connectivity index (χ4v) is 4.43. The summed E-state index contributed by atoms with van der Waals surface area (Å²) in [6.45, 7) is 0. The Kier molecular flexibility index (Phi) is 5.26. The first-order valence-electron chi connectivity index (χ1n) is 7.44. The van der Waals surface area contributed by atoms with Gasteiger partial charge >= 0.3 is 0 Å². The quantitative estimate of drug-likeness (QED) is 0.484. The molecule has 0 aliphatic rings. The van der Waals surface area contributed by atoms with E-state index in [-0.39, 0.29) is 21.4 Å². The Labute approximate surface area is 163 Å². The van der Waals surface area contributed by atoms with Crippen LogP contribution in [0.3, 0.4) is 0 Å². The number of sulfone groups is 1. The van der Waals surface area contributed by atoms with Crippen LogP contribution in [-0.4, -0.2) is 19.2 Å². The highest BCUT2D eigenvalue weighted by Gasteiger charge is 2.19. The second-order valence-electron chi connectivity index (χ2n) is 5.34. The van der Waals surface area contributed by atoms with Gasteiger partial charge in [0.25, 0.3) is 11.6 Å². The zero-order chi connectivity index (χ0) is 19.6. The van der Waals surface area contributed by atoms with Gasteiger partial charge in [-0.15, -0.1) is 11.3 Å². The van der Waals surface area contributed by atoms with Crippen LogP contribution in [0.5, 0.6) is 0 Å². The highest BCUT2D eigenvalue weighted by molar-refractivity contribution is 7.91. The number of anilines is 1. The molecule has 7 nitrogen and oxygen atoms in total. The van der Waals surface area contributed by atoms with Crippen LogP contribution in [0.4, 0.5) is 11.4 Å². The molecule has 1 amide bonds. The molecular formula is C17H11ClN2O5S2. The molecule has 0 unspecified atom stereocenters. The summed E-state index contributed by atoms with van der Waals surface area (Å²) in [7, 11) is -3.83. The number of nitro groups is 1. The maximum Gasteiger partial charge on any atom is 0.269 e. The largest absolute Gasteiger partial charge is 0.321 e. The van der Waals surface area contributed by atoms with Gasteiger partial charge in [0.15, 0.2) is 0 Å². The first kappa shape index (κ1) is 19.0. The third-order valence-corrected chi connectivity index (χ3v) is 6.59. The first-order valence-corrected chi connectivity index (χ1v) is 10.1. The van der Waals surface area contributed by atoms with Crippen molar-refractivity contribution in [3.05, 3.63) is 80.0 Å². The Balaban J connectivity index is 1.79. The monoisotopic (exact) mass is 422 g/mol.